The molecule has 0 amide bonds. The fourth-order valence-electron chi connectivity index (χ4n) is 5.19. The van der Waals surface area contributed by atoms with Gasteiger partial charge in [0, 0.05) is 48.3 Å². The van der Waals surface area contributed by atoms with Crippen LogP contribution in [-0.4, -0.2) is 63.4 Å². The minimum Gasteiger partial charge on any atom is -0.497 e. The molecule has 3 aromatic carbocycles. The van der Waals surface area contributed by atoms with Crippen molar-refractivity contribution in [2.45, 2.75) is 12.6 Å². The molecule has 1 aliphatic heterocycles. The van der Waals surface area contributed by atoms with Crippen molar-refractivity contribution < 1.29 is 9.13 Å². The maximum Gasteiger partial charge on any atom is 0.253 e. The van der Waals surface area contributed by atoms with Gasteiger partial charge in [-0.15, -0.1) is 5.10 Å². The van der Waals surface area contributed by atoms with Crippen molar-refractivity contribution >= 4 is 16.6 Å². The summed E-state index contributed by atoms with van der Waals surface area (Å²) >= 11 is 0. The molecule has 1 N–H and O–H groups in total. The van der Waals surface area contributed by atoms with Crippen molar-refractivity contribution in [1.82, 2.24) is 30.1 Å². The van der Waals surface area contributed by atoms with E-state index in [0.717, 1.165) is 29.6 Å². The Kier molecular flexibility index (Phi) is 6.76. The Bertz CT molecular complexity index is 1630. The Labute approximate surface area is 224 Å². The second kappa shape index (κ2) is 10.7. The van der Waals surface area contributed by atoms with E-state index in [2.05, 4.69) is 42.4 Å². The van der Waals surface area contributed by atoms with Crippen LogP contribution in [0, 0.1) is 5.82 Å². The smallest absolute Gasteiger partial charge is 0.253 e. The first-order valence-electron chi connectivity index (χ1n) is 12.8. The molecule has 1 atom stereocenters. The maximum absolute atomic E-state index is 13.5. The van der Waals surface area contributed by atoms with Crippen molar-refractivity contribution in [3.63, 3.8) is 0 Å². The molecular formula is C29H28FN7O2. The molecule has 10 heteroatoms. The number of rotatable bonds is 7. The number of nitrogens with one attached hydrogen (secondary N) is 1. The predicted molar refractivity (Wildman–Crippen MR) is 147 cm³/mol. The van der Waals surface area contributed by atoms with E-state index in [9.17, 15) is 9.18 Å². The summed E-state index contributed by atoms with van der Waals surface area (Å²) in [4.78, 5) is 21.1. The number of fused-ring (bicyclic) bond motifs is 1. The molecule has 3 heterocycles. The molecule has 1 aliphatic rings. The monoisotopic (exact) mass is 525 g/mol. The number of H-pyrrole nitrogens is 1. The van der Waals surface area contributed by atoms with Crippen LogP contribution in [0.25, 0.3) is 10.9 Å². The summed E-state index contributed by atoms with van der Waals surface area (Å²) in [6.07, 6.45) is 0. The van der Waals surface area contributed by atoms with Crippen LogP contribution >= 0.6 is 0 Å². The van der Waals surface area contributed by atoms with Crippen molar-refractivity contribution in [2.75, 3.05) is 38.2 Å². The number of pyridine rings is 1. The Morgan fingerprint density at radius 1 is 0.974 bits per heavy atom. The van der Waals surface area contributed by atoms with E-state index >= 15 is 0 Å². The Morgan fingerprint density at radius 2 is 1.74 bits per heavy atom. The zero-order chi connectivity index (χ0) is 26.8. The van der Waals surface area contributed by atoms with Gasteiger partial charge in [-0.25, -0.2) is 9.07 Å². The van der Waals surface area contributed by atoms with E-state index < -0.39 is 6.04 Å². The van der Waals surface area contributed by atoms with Crippen LogP contribution < -0.4 is 15.2 Å². The van der Waals surface area contributed by atoms with E-state index in [-0.39, 0.29) is 11.4 Å². The third kappa shape index (κ3) is 5.10. The number of benzene rings is 3. The number of nitrogens with zero attached hydrogens (tertiary/aromatic N) is 6. The Morgan fingerprint density at radius 3 is 2.49 bits per heavy atom. The summed E-state index contributed by atoms with van der Waals surface area (Å²) in [6, 6.07) is 23.5. The largest absolute Gasteiger partial charge is 0.497 e. The number of hydrogen-bond donors (Lipinski definition) is 1. The number of aromatic amines is 1. The number of hydrogen-bond acceptors (Lipinski definition) is 7. The molecule has 9 nitrogen and oxygen atoms in total. The number of methoxy groups -OCH3 is 1. The lowest BCUT2D eigenvalue weighted by atomic mass is 10.0. The number of para-hydroxylation sites is 1. The number of piperazine rings is 1. The third-order valence-corrected chi connectivity index (χ3v) is 7.23. The number of anilines is 1. The van der Waals surface area contributed by atoms with E-state index in [4.69, 9.17) is 4.74 Å². The van der Waals surface area contributed by atoms with Crippen LogP contribution in [0.4, 0.5) is 10.1 Å². The van der Waals surface area contributed by atoms with Crippen LogP contribution in [0.1, 0.15) is 23.0 Å². The second-order valence-electron chi connectivity index (χ2n) is 9.59. The summed E-state index contributed by atoms with van der Waals surface area (Å²) in [5.41, 5.74) is 3.11. The van der Waals surface area contributed by atoms with E-state index in [1.165, 1.54) is 17.8 Å². The van der Waals surface area contributed by atoms with Crippen molar-refractivity contribution in [3.8, 4) is 5.75 Å². The summed E-state index contributed by atoms with van der Waals surface area (Å²) in [6.45, 7) is 3.35. The van der Waals surface area contributed by atoms with Crippen LogP contribution in [0.15, 0.2) is 83.7 Å². The van der Waals surface area contributed by atoms with Gasteiger partial charge in [-0.05, 0) is 64.5 Å². The van der Waals surface area contributed by atoms with Gasteiger partial charge < -0.3 is 14.6 Å². The number of aromatic nitrogens is 5. The lowest BCUT2D eigenvalue weighted by Gasteiger charge is -2.39. The highest BCUT2D eigenvalue weighted by Gasteiger charge is 2.33. The highest BCUT2D eigenvalue weighted by molar-refractivity contribution is 5.80. The predicted octanol–water partition coefficient (Wildman–Crippen LogP) is 3.62. The minimum atomic E-state index is -0.488. The molecule has 0 unspecified atom stereocenters. The Balaban J connectivity index is 1.39. The van der Waals surface area contributed by atoms with Gasteiger partial charge in [0.25, 0.3) is 5.56 Å². The Hall–Kier alpha value is -4.57. The molecule has 1 saturated heterocycles. The molecule has 0 aliphatic carbocycles. The van der Waals surface area contributed by atoms with Gasteiger partial charge in [0.2, 0.25) is 0 Å². The van der Waals surface area contributed by atoms with E-state index in [1.807, 2.05) is 42.5 Å². The van der Waals surface area contributed by atoms with Crippen LogP contribution in [0.3, 0.4) is 0 Å². The van der Waals surface area contributed by atoms with Crippen molar-refractivity contribution in [3.05, 3.63) is 112 Å². The van der Waals surface area contributed by atoms with Gasteiger partial charge in [-0.1, -0.05) is 30.3 Å². The number of halogens is 1. The molecule has 39 heavy (non-hydrogen) atoms. The van der Waals surface area contributed by atoms with E-state index in [1.54, 1.807) is 23.9 Å². The molecule has 6 rings (SSSR count). The second-order valence-corrected chi connectivity index (χ2v) is 9.59. The first-order valence-corrected chi connectivity index (χ1v) is 12.8. The molecule has 0 spiro atoms. The molecular weight excluding hydrogens is 497 g/mol. The van der Waals surface area contributed by atoms with Crippen LogP contribution in [0.2, 0.25) is 0 Å². The van der Waals surface area contributed by atoms with Gasteiger partial charge >= 0.3 is 0 Å². The van der Waals surface area contributed by atoms with Crippen molar-refractivity contribution in [1.29, 1.82) is 0 Å². The van der Waals surface area contributed by atoms with Gasteiger partial charge in [0.05, 0.1) is 13.7 Å². The molecule has 2 aromatic heterocycles. The minimum absolute atomic E-state index is 0.195. The summed E-state index contributed by atoms with van der Waals surface area (Å²) in [5.74, 6) is 0.956. The molecule has 0 radical (unpaired) electrons. The fourth-order valence-corrected chi connectivity index (χ4v) is 5.19. The molecule has 198 valence electrons. The third-order valence-electron chi connectivity index (χ3n) is 7.23. The van der Waals surface area contributed by atoms with Gasteiger partial charge in [-0.2, -0.15) is 0 Å². The average molecular weight is 526 g/mol. The van der Waals surface area contributed by atoms with Gasteiger partial charge in [0.1, 0.15) is 17.6 Å². The first kappa shape index (κ1) is 24.7. The molecule has 5 aromatic rings. The molecule has 0 bridgehead atoms. The number of tetrazole rings is 1. The zero-order valence-electron chi connectivity index (χ0n) is 21.5. The lowest BCUT2D eigenvalue weighted by Crippen LogP contribution is -2.49. The lowest BCUT2D eigenvalue weighted by molar-refractivity contribution is 0.200. The standard InChI is InChI=1S/C29H28FN7O2/c1-39-24-11-12-26-21(17-24)18-25(29(38)31-26)27(36-15-13-35(14-16-36)23-5-3-2-4-6-23)28-32-33-34-37(28)19-20-7-9-22(30)10-8-20/h2-12,17-18,27H,13-16,19H2,1H3,(H,31,38)/t27-/m1/s1. The molecule has 0 saturated carbocycles. The highest BCUT2D eigenvalue weighted by Crippen LogP contribution is 2.30. The summed E-state index contributed by atoms with van der Waals surface area (Å²) < 4.78 is 20.6. The van der Waals surface area contributed by atoms with E-state index in [0.29, 0.717) is 36.8 Å². The average Bonchev–Trinajstić information content (AvgIpc) is 3.42. The SMILES string of the molecule is COc1ccc2[nH]c(=O)c([C@H](c3nnnn3Cc3ccc(F)cc3)N3CCN(c4ccccc4)CC3)cc2c1. The fraction of sp³-hybridized carbons (Fsp3) is 0.241. The summed E-state index contributed by atoms with van der Waals surface area (Å²) in [7, 11) is 1.62. The van der Waals surface area contributed by atoms with Gasteiger partial charge in [-0.3, -0.25) is 9.69 Å². The zero-order valence-corrected chi connectivity index (χ0v) is 21.5. The first-order chi connectivity index (χ1) is 19.1. The normalized spacial score (nSPS) is 15.0. The topological polar surface area (TPSA) is 92.2 Å². The van der Waals surface area contributed by atoms with Gasteiger partial charge in [0.15, 0.2) is 5.82 Å². The summed E-state index contributed by atoms with van der Waals surface area (Å²) in [5, 5.41) is 13.5. The quantitative estimate of drug-likeness (QED) is 0.347. The maximum atomic E-state index is 13.5. The van der Waals surface area contributed by atoms with Crippen molar-refractivity contribution in [2.24, 2.45) is 0 Å². The highest BCUT2D eigenvalue weighted by atomic mass is 19.1. The van der Waals surface area contributed by atoms with Crippen LogP contribution in [-0.2, 0) is 6.54 Å². The van der Waals surface area contributed by atoms with Crippen LogP contribution in [0.5, 0.6) is 5.75 Å². The number of ether oxygens (including phenoxy) is 1. The molecule has 1 fully saturated rings.